The van der Waals surface area contributed by atoms with E-state index in [0.29, 0.717) is 19.0 Å². The molecule has 0 atom stereocenters. The van der Waals surface area contributed by atoms with E-state index < -0.39 is 5.97 Å². The maximum atomic E-state index is 10.9. The van der Waals surface area contributed by atoms with Gasteiger partial charge in [0.15, 0.2) is 0 Å². The highest BCUT2D eigenvalue weighted by Crippen LogP contribution is 2.26. The molecule has 1 amide bonds. The number of nitrogens with zero attached hydrogens (tertiary/aromatic N) is 2. The van der Waals surface area contributed by atoms with Gasteiger partial charge in [0.25, 0.3) is 0 Å². The van der Waals surface area contributed by atoms with Crippen LogP contribution < -0.4 is 0 Å². The van der Waals surface area contributed by atoms with Crippen LogP contribution in [0.5, 0.6) is 0 Å². The monoisotopic (exact) mass is 210 g/mol. The van der Waals surface area contributed by atoms with Gasteiger partial charge in [0.2, 0.25) is 17.6 Å². The minimum absolute atomic E-state index is 0.0104. The lowest BCUT2D eigenvalue weighted by Crippen LogP contribution is -2.47. The number of carbonyl (C=O) groups excluding carboxylic acids is 1. The summed E-state index contributed by atoms with van der Waals surface area (Å²) in [7, 11) is 0. The third kappa shape index (κ3) is 1.70. The Morgan fingerprint density at radius 1 is 1.60 bits per heavy atom. The predicted octanol–water partition coefficient (Wildman–Crippen LogP) is 0.319. The lowest BCUT2D eigenvalue weighted by atomic mass is 10.0. The highest BCUT2D eigenvalue weighted by molar-refractivity contribution is 5.83. The number of oxazole rings is 1. The Morgan fingerprint density at radius 3 is 2.73 bits per heavy atom. The van der Waals surface area contributed by atoms with Crippen LogP contribution in [0.3, 0.4) is 0 Å². The molecule has 0 spiro atoms. The smallest absolute Gasteiger partial charge is 0.373 e. The van der Waals surface area contributed by atoms with Gasteiger partial charge in [-0.05, 0) is 0 Å². The first-order valence-electron chi connectivity index (χ1n) is 4.52. The fourth-order valence-electron chi connectivity index (χ4n) is 1.47. The molecule has 0 saturated carbocycles. The molecule has 1 aliphatic heterocycles. The number of hydrogen-bond acceptors (Lipinski definition) is 4. The minimum Gasteiger partial charge on any atom is -0.475 e. The number of amides is 1. The van der Waals surface area contributed by atoms with Gasteiger partial charge < -0.3 is 14.4 Å². The number of carboxylic acid groups (broad SMARTS) is 1. The maximum Gasteiger partial charge on any atom is 0.373 e. The Bertz CT molecular complexity index is 406. The molecule has 2 heterocycles. The first-order valence-corrected chi connectivity index (χ1v) is 4.52. The van der Waals surface area contributed by atoms with Crippen LogP contribution in [-0.2, 0) is 4.79 Å². The second-order valence-electron chi connectivity index (χ2n) is 3.49. The topological polar surface area (TPSA) is 83.6 Å². The molecule has 15 heavy (non-hydrogen) atoms. The number of hydrogen-bond donors (Lipinski definition) is 1. The lowest BCUT2D eigenvalue weighted by Gasteiger charge is -2.36. The third-order valence-electron chi connectivity index (χ3n) is 2.41. The number of aromatic nitrogens is 1. The summed E-state index contributed by atoms with van der Waals surface area (Å²) in [6, 6.07) is 0. The van der Waals surface area contributed by atoms with Gasteiger partial charge in [0, 0.05) is 20.0 Å². The van der Waals surface area contributed by atoms with Gasteiger partial charge in [0.05, 0.1) is 12.1 Å². The first-order chi connectivity index (χ1) is 7.08. The molecule has 0 bridgehead atoms. The molecule has 6 nitrogen and oxygen atoms in total. The van der Waals surface area contributed by atoms with Crippen molar-refractivity contribution in [1.82, 2.24) is 9.88 Å². The fraction of sp³-hybridized carbons (Fsp3) is 0.444. The summed E-state index contributed by atoms with van der Waals surface area (Å²) in [6.45, 7) is 2.60. The van der Waals surface area contributed by atoms with E-state index in [0.717, 1.165) is 0 Å². The zero-order valence-electron chi connectivity index (χ0n) is 8.14. The van der Waals surface area contributed by atoms with Crippen LogP contribution >= 0.6 is 0 Å². The second kappa shape index (κ2) is 3.38. The highest BCUT2D eigenvalue weighted by Gasteiger charge is 2.33. The van der Waals surface area contributed by atoms with E-state index in [2.05, 4.69) is 4.98 Å². The zero-order valence-corrected chi connectivity index (χ0v) is 8.14. The van der Waals surface area contributed by atoms with Gasteiger partial charge in [-0.1, -0.05) is 0 Å². The molecule has 0 aromatic carbocycles. The minimum atomic E-state index is -1.13. The van der Waals surface area contributed by atoms with Crippen LogP contribution in [0.15, 0.2) is 10.6 Å². The lowest BCUT2D eigenvalue weighted by molar-refractivity contribution is -0.133. The van der Waals surface area contributed by atoms with Crippen molar-refractivity contribution in [2.45, 2.75) is 12.8 Å². The van der Waals surface area contributed by atoms with Gasteiger partial charge in [0.1, 0.15) is 0 Å². The van der Waals surface area contributed by atoms with Crippen molar-refractivity contribution in [2.75, 3.05) is 13.1 Å². The van der Waals surface area contributed by atoms with Crippen molar-refractivity contribution in [2.24, 2.45) is 0 Å². The second-order valence-corrected chi connectivity index (χ2v) is 3.49. The Hall–Kier alpha value is -1.85. The van der Waals surface area contributed by atoms with Crippen molar-refractivity contribution in [1.29, 1.82) is 0 Å². The molecule has 1 saturated heterocycles. The summed E-state index contributed by atoms with van der Waals surface area (Å²) in [4.78, 5) is 26.9. The van der Waals surface area contributed by atoms with Crippen molar-refractivity contribution >= 4 is 11.9 Å². The van der Waals surface area contributed by atoms with Crippen LogP contribution in [0.1, 0.15) is 29.3 Å². The summed E-state index contributed by atoms with van der Waals surface area (Å²) in [5.41, 5.74) is 0. The van der Waals surface area contributed by atoms with E-state index >= 15 is 0 Å². The van der Waals surface area contributed by atoms with E-state index in [1.165, 1.54) is 13.1 Å². The summed E-state index contributed by atoms with van der Waals surface area (Å²) in [5, 5.41) is 8.61. The highest BCUT2D eigenvalue weighted by atomic mass is 16.4. The van der Waals surface area contributed by atoms with Gasteiger partial charge in [-0.2, -0.15) is 0 Å². The van der Waals surface area contributed by atoms with Crippen molar-refractivity contribution < 1.29 is 19.1 Å². The van der Waals surface area contributed by atoms with Gasteiger partial charge in [-0.15, -0.1) is 0 Å². The van der Waals surface area contributed by atoms with Crippen LogP contribution in [0.4, 0.5) is 0 Å². The number of likely N-dealkylation sites (tertiary alicyclic amines) is 1. The van der Waals surface area contributed by atoms with Crippen molar-refractivity contribution in [3.05, 3.63) is 17.8 Å². The van der Waals surface area contributed by atoms with Crippen LogP contribution in [0.2, 0.25) is 0 Å². The Morgan fingerprint density at radius 2 is 2.27 bits per heavy atom. The average molecular weight is 210 g/mol. The molecule has 1 aromatic rings. The van der Waals surface area contributed by atoms with E-state index in [-0.39, 0.29) is 17.6 Å². The van der Waals surface area contributed by atoms with Gasteiger partial charge in [-0.3, -0.25) is 4.79 Å². The first kappa shape index (κ1) is 9.70. The molecule has 1 aromatic heterocycles. The Kier molecular flexibility index (Phi) is 2.18. The largest absolute Gasteiger partial charge is 0.475 e. The molecule has 80 valence electrons. The van der Waals surface area contributed by atoms with Crippen LogP contribution in [0, 0.1) is 0 Å². The molecule has 2 rings (SSSR count). The normalized spacial score (nSPS) is 16.2. The molecule has 6 heteroatoms. The van der Waals surface area contributed by atoms with Crippen molar-refractivity contribution in [3.63, 3.8) is 0 Å². The predicted molar refractivity (Wildman–Crippen MR) is 48.5 cm³/mol. The number of carboxylic acids is 1. The van der Waals surface area contributed by atoms with E-state index in [1.807, 2.05) is 0 Å². The summed E-state index contributed by atoms with van der Waals surface area (Å²) >= 11 is 0. The Balaban J connectivity index is 2.01. The number of carbonyl (C=O) groups is 2. The standard InChI is InChI=1S/C9H10N2O4/c1-5(12)11-3-6(4-11)8-10-2-7(15-8)9(13)14/h2,6H,3-4H2,1H3,(H,13,14). The third-order valence-corrected chi connectivity index (χ3v) is 2.41. The molecular formula is C9H10N2O4. The molecule has 1 N–H and O–H groups in total. The quantitative estimate of drug-likeness (QED) is 0.759. The molecule has 0 aliphatic carbocycles. The summed E-state index contributed by atoms with van der Waals surface area (Å²) < 4.78 is 5.03. The molecular weight excluding hydrogens is 200 g/mol. The number of aromatic carboxylic acids is 1. The Labute approximate surface area is 85.5 Å². The summed E-state index contributed by atoms with van der Waals surface area (Å²) in [6.07, 6.45) is 1.19. The molecule has 1 aliphatic rings. The SMILES string of the molecule is CC(=O)N1CC(c2ncc(C(=O)O)o2)C1. The van der Waals surface area contributed by atoms with Crippen LogP contribution in [-0.4, -0.2) is 40.0 Å². The van der Waals surface area contributed by atoms with Crippen molar-refractivity contribution in [3.8, 4) is 0 Å². The van der Waals surface area contributed by atoms with Crippen LogP contribution in [0.25, 0.3) is 0 Å². The maximum absolute atomic E-state index is 10.9. The van der Waals surface area contributed by atoms with Gasteiger partial charge >= 0.3 is 5.97 Å². The molecule has 0 unspecified atom stereocenters. The zero-order chi connectivity index (χ0) is 11.0. The average Bonchev–Trinajstić information content (AvgIpc) is 2.49. The number of rotatable bonds is 2. The molecule has 1 fully saturated rings. The van der Waals surface area contributed by atoms with E-state index in [9.17, 15) is 9.59 Å². The van der Waals surface area contributed by atoms with E-state index in [4.69, 9.17) is 9.52 Å². The summed E-state index contributed by atoms with van der Waals surface area (Å²) in [5.74, 6) is -0.856. The fourth-order valence-corrected chi connectivity index (χ4v) is 1.47. The van der Waals surface area contributed by atoms with E-state index in [1.54, 1.807) is 4.90 Å². The molecule has 0 radical (unpaired) electrons. The van der Waals surface area contributed by atoms with Gasteiger partial charge in [-0.25, -0.2) is 9.78 Å².